The average Bonchev–Trinajstić information content (AvgIpc) is 2.47. The Morgan fingerprint density at radius 3 is 2.80 bits per heavy atom. The number of rotatable bonds is 2. The van der Waals surface area contributed by atoms with Crippen LogP contribution in [0, 0.1) is 0 Å². The molecule has 0 aromatic heterocycles. The number of thioether (sulfide) groups is 1. The van der Waals surface area contributed by atoms with Gasteiger partial charge in [-0.15, -0.1) is 11.8 Å². The average molecular weight is 284 g/mol. The zero-order valence-corrected chi connectivity index (χ0v) is 11.9. The number of anilines is 2. The third kappa shape index (κ3) is 2.65. The monoisotopic (exact) mass is 284 g/mol. The third-order valence-corrected chi connectivity index (χ3v) is 4.39. The molecule has 0 fully saturated rings. The summed E-state index contributed by atoms with van der Waals surface area (Å²) < 4.78 is 0. The molecule has 0 saturated carbocycles. The molecule has 1 aliphatic heterocycles. The summed E-state index contributed by atoms with van der Waals surface area (Å²) in [6.45, 7) is 0.743. The predicted octanol–water partition coefficient (Wildman–Crippen LogP) is 2.95. The van der Waals surface area contributed by atoms with Crippen LogP contribution >= 0.6 is 11.8 Å². The Kier molecular flexibility index (Phi) is 3.65. The molecule has 0 unspecified atom stereocenters. The van der Waals surface area contributed by atoms with Crippen LogP contribution in [0.5, 0.6) is 0 Å². The minimum absolute atomic E-state index is 0.128. The molecule has 3 rings (SSSR count). The fourth-order valence-corrected chi connectivity index (χ4v) is 3.33. The molecular weight excluding hydrogens is 268 g/mol. The lowest BCUT2D eigenvalue weighted by Crippen LogP contribution is -2.36. The first kappa shape index (κ1) is 13.1. The number of nitrogens with two attached hydrogens (primary N) is 1. The number of hydrogen-bond acceptors (Lipinski definition) is 3. The fourth-order valence-electron chi connectivity index (χ4n) is 2.36. The molecule has 2 aromatic carbocycles. The normalized spacial score (nSPS) is 13.9. The van der Waals surface area contributed by atoms with Crippen molar-refractivity contribution in [2.75, 3.05) is 22.9 Å². The second-order valence-corrected chi connectivity index (χ2v) is 5.92. The van der Waals surface area contributed by atoms with Crippen LogP contribution in [0.1, 0.15) is 5.56 Å². The van der Waals surface area contributed by atoms with Crippen molar-refractivity contribution in [3.63, 3.8) is 0 Å². The maximum atomic E-state index is 12.5. The zero-order valence-electron chi connectivity index (χ0n) is 11.1. The van der Waals surface area contributed by atoms with Crippen LogP contribution in [0.2, 0.25) is 0 Å². The van der Waals surface area contributed by atoms with Crippen molar-refractivity contribution in [3.05, 3.63) is 54.1 Å². The van der Waals surface area contributed by atoms with E-state index in [4.69, 9.17) is 5.73 Å². The number of carbonyl (C=O) groups is 1. The first-order valence-electron chi connectivity index (χ1n) is 6.60. The molecule has 0 saturated heterocycles. The maximum absolute atomic E-state index is 12.5. The van der Waals surface area contributed by atoms with Gasteiger partial charge >= 0.3 is 0 Å². The highest BCUT2D eigenvalue weighted by Crippen LogP contribution is 2.36. The van der Waals surface area contributed by atoms with Gasteiger partial charge < -0.3 is 10.6 Å². The van der Waals surface area contributed by atoms with E-state index in [1.807, 2.05) is 53.4 Å². The topological polar surface area (TPSA) is 46.3 Å². The highest BCUT2D eigenvalue weighted by molar-refractivity contribution is 7.99. The summed E-state index contributed by atoms with van der Waals surface area (Å²) in [7, 11) is 0. The number of benzene rings is 2. The standard InChI is InChI=1S/C16H16N2OS/c17-13-6-7-15-14(11-13)18(8-9-20-15)16(19)10-12-4-2-1-3-5-12/h1-7,11H,8-10,17H2. The summed E-state index contributed by atoms with van der Waals surface area (Å²) in [5, 5.41) is 0. The van der Waals surface area contributed by atoms with E-state index in [1.165, 1.54) is 0 Å². The molecule has 20 heavy (non-hydrogen) atoms. The van der Waals surface area contributed by atoms with Gasteiger partial charge in [0.15, 0.2) is 0 Å². The van der Waals surface area contributed by atoms with E-state index < -0.39 is 0 Å². The van der Waals surface area contributed by atoms with Crippen LogP contribution in [0.4, 0.5) is 11.4 Å². The van der Waals surface area contributed by atoms with Crippen molar-refractivity contribution in [2.24, 2.45) is 0 Å². The number of nitrogens with zero attached hydrogens (tertiary/aromatic N) is 1. The smallest absolute Gasteiger partial charge is 0.231 e. The van der Waals surface area contributed by atoms with Crippen LogP contribution in [0.3, 0.4) is 0 Å². The summed E-state index contributed by atoms with van der Waals surface area (Å²) in [5.74, 6) is 1.06. The number of hydrogen-bond donors (Lipinski definition) is 1. The van der Waals surface area contributed by atoms with E-state index in [9.17, 15) is 4.79 Å². The molecule has 4 heteroatoms. The molecule has 2 aromatic rings. The van der Waals surface area contributed by atoms with E-state index in [0.29, 0.717) is 12.1 Å². The van der Waals surface area contributed by atoms with Crippen molar-refractivity contribution in [2.45, 2.75) is 11.3 Å². The van der Waals surface area contributed by atoms with Crippen LogP contribution in [-0.2, 0) is 11.2 Å². The van der Waals surface area contributed by atoms with Crippen molar-refractivity contribution in [3.8, 4) is 0 Å². The Labute approximate surface area is 122 Å². The van der Waals surface area contributed by atoms with E-state index >= 15 is 0 Å². The Balaban J connectivity index is 1.85. The largest absolute Gasteiger partial charge is 0.399 e. The highest BCUT2D eigenvalue weighted by Gasteiger charge is 2.23. The lowest BCUT2D eigenvalue weighted by molar-refractivity contribution is -0.118. The summed E-state index contributed by atoms with van der Waals surface area (Å²) >= 11 is 1.78. The Bertz CT molecular complexity index is 628. The maximum Gasteiger partial charge on any atom is 0.231 e. The van der Waals surface area contributed by atoms with Crippen molar-refractivity contribution < 1.29 is 4.79 Å². The zero-order chi connectivity index (χ0) is 13.9. The molecule has 1 aliphatic rings. The van der Waals surface area contributed by atoms with Gasteiger partial charge in [-0.05, 0) is 23.8 Å². The van der Waals surface area contributed by atoms with E-state index in [1.54, 1.807) is 11.8 Å². The molecule has 1 amide bonds. The van der Waals surface area contributed by atoms with Gasteiger partial charge in [0.25, 0.3) is 0 Å². The Hall–Kier alpha value is -1.94. The quantitative estimate of drug-likeness (QED) is 0.862. The predicted molar refractivity (Wildman–Crippen MR) is 84.1 cm³/mol. The fraction of sp³-hybridized carbons (Fsp3) is 0.188. The van der Waals surface area contributed by atoms with Gasteiger partial charge in [0.1, 0.15) is 0 Å². The Morgan fingerprint density at radius 1 is 1.20 bits per heavy atom. The number of amides is 1. The summed E-state index contributed by atoms with van der Waals surface area (Å²) in [5.41, 5.74) is 8.54. The number of nitrogen functional groups attached to an aromatic ring is 1. The van der Waals surface area contributed by atoms with E-state index in [-0.39, 0.29) is 5.91 Å². The highest BCUT2D eigenvalue weighted by atomic mass is 32.2. The summed E-state index contributed by atoms with van der Waals surface area (Å²) in [6, 6.07) is 15.6. The van der Waals surface area contributed by atoms with Crippen LogP contribution in [0.15, 0.2) is 53.4 Å². The van der Waals surface area contributed by atoms with Crippen molar-refractivity contribution in [1.82, 2.24) is 0 Å². The Morgan fingerprint density at radius 2 is 2.00 bits per heavy atom. The molecule has 0 radical (unpaired) electrons. The van der Waals surface area contributed by atoms with Crippen molar-refractivity contribution in [1.29, 1.82) is 0 Å². The number of fused-ring (bicyclic) bond motifs is 1. The molecule has 0 spiro atoms. The molecule has 0 bridgehead atoms. The second-order valence-electron chi connectivity index (χ2n) is 4.78. The minimum atomic E-state index is 0.128. The van der Waals surface area contributed by atoms with Crippen LogP contribution in [0.25, 0.3) is 0 Å². The lowest BCUT2D eigenvalue weighted by atomic mass is 10.1. The van der Waals surface area contributed by atoms with Gasteiger partial charge in [-0.25, -0.2) is 0 Å². The lowest BCUT2D eigenvalue weighted by Gasteiger charge is -2.29. The minimum Gasteiger partial charge on any atom is -0.399 e. The molecule has 1 heterocycles. The van der Waals surface area contributed by atoms with E-state index in [2.05, 4.69) is 0 Å². The van der Waals surface area contributed by atoms with Gasteiger partial charge in [0, 0.05) is 22.9 Å². The molecule has 2 N–H and O–H groups in total. The first-order valence-corrected chi connectivity index (χ1v) is 7.59. The van der Waals surface area contributed by atoms with Gasteiger partial charge in [0.05, 0.1) is 12.1 Å². The van der Waals surface area contributed by atoms with Crippen molar-refractivity contribution >= 4 is 29.0 Å². The molecular formula is C16H16N2OS. The van der Waals surface area contributed by atoms with Gasteiger partial charge in [0.2, 0.25) is 5.91 Å². The van der Waals surface area contributed by atoms with Gasteiger partial charge in [-0.1, -0.05) is 30.3 Å². The third-order valence-electron chi connectivity index (χ3n) is 3.35. The summed E-state index contributed by atoms with van der Waals surface area (Å²) in [6.07, 6.45) is 0.430. The van der Waals surface area contributed by atoms with E-state index in [0.717, 1.165) is 28.4 Å². The summed E-state index contributed by atoms with van der Waals surface area (Å²) in [4.78, 5) is 15.5. The molecule has 0 aliphatic carbocycles. The number of carbonyl (C=O) groups excluding carboxylic acids is 1. The van der Waals surface area contributed by atoms with Gasteiger partial charge in [-0.2, -0.15) is 0 Å². The molecule has 102 valence electrons. The van der Waals surface area contributed by atoms with Crippen LogP contribution < -0.4 is 10.6 Å². The molecule has 0 atom stereocenters. The molecule has 3 nitrogen and oxygen atoms in total. The van der Waals surface area contributed by atoms with Crippen LogP contribution in [-0.4, -0.2) is 18.2 Å². The SMILES string of the molecule is Nc1ccc2c(c1)N(C(=O)Cc1ccccc1)CCS2. The van der Waals surface area contributed by atoms with Gasteiger partial charge in [-0.3, -0.25) is 4.79 Å². The second kappa shape index (κ2) is 5.59. The first-order chi connectivity index (χ1) is 9.74.